The third-order valence-corrected chi connectivity index (χ3v) is 4.90. The van der Waals surface area contributed by atoms with Crippen LogP contribution in [0.2, 0.25) is 0 Å². The van der Waals surface area contributed by atoms with E-state index in [0.717, 1.165) is 32.0 Å². The third kappa shape index (κ3) is 4.19. The van der Waals surface area contributed by atoms with Crippen molar-refractivity contribution >= 4 is 11.6 Å². The van der Waals surface area contributed by atoms with Crippen LogP contribution in [0.25, 0.3) is 0 Å². The van der Waals surface area contributed by atoms with Crippen molar-refractivity contribution in [2.75, 3.05) is 44.3 Å². The molecule has 0 bridgehead atoms. The highest BCUT2D eigenvalue weighted by molar-refractivity contribution is 5.94. The Labute approximate surface area is 157 Å². The molecule has 0 N–H and O–H groups in total. The molecule has 2 aliphatic rings. The summed E-state index contributed by atoms with van der Waals surface area (Å²) >= 11 is 0. The molecule has 2 saturated heterocycles. The van der Waals surface area contributed by atoms with Gasteiger partial charge in [-0.2, -0.15) is 9.37 Å². The van der Waals surface area contributed by atoms with Gasteiger partial charge in [-0.3, -0.25) is 4.79 Å². The molecule has 1 aromatic carbocycles. The lowest BCUT2D eigenvalue weighted by atomic mass is 10.1. The number of carbonyl (C=O) groups is 1. The number of pyridine rings is 1. The Morgan fingerprint density at radius 2 is 1.89 bits per heavy atom. The molecule has 3 heterocycles. The second-order valence-electron chi connectivity index (χ2n) is 6.72. The number of aromatic nitrogens is 1. The molecule has 7 heteroatoms. The van der Waals surface area contributed by atoms with E-state index in [0.29, 0.717) is 25.1 Å². The van der Waals surface area contributed by atoms with Crippen LogP contribution in [0.15, 0.2) is 42.5 Å². The molecule has 2 aromatic rings. The van der Waals surface area contributed by atoms with Crippen LogP contribution in [0.3, 0.4) is 0 Å². The SMILES string of the molecule is O=C(c1ccc(N2CCOCC2)cc1)N1CCC(Oc2cccc(F)n2)C1. The first kappa shape index (κ1) is 17.7. The van der Waals surface area contributed by atoms with E-state index in [9.17, 15) is 9.18 Å². The Kier molecular flexibility index (Phi) is 5.20. The first-order chi connectivity index (χ1) is 13.2. The fourth-order valence-electron chi connectivity index (χ4n) is 3.45. The van der Waals surface area contributed by atoms with Gasteiger partial charge >= 0.3 is 0 Å². The second kappa shape index (κ2) is 7.92. The number of amides is 1. The largest absolute Gasteiger partial charge is 0.472 e. The quantitative estimate of drug-likeness (QED) is 0.773. The number of anilines is 1. The van der Waals surface area contributed by atoms with Gasteiger partial charge in [-0.05, 0) is 30.3 Å². The zero-order valence-electron chi connectivity index (χ0n) is 15.0. The average Bonchev–Trinajstić information content (AvgIpc) is 3.17. The minimum absolute atomic E-state index is 0.0122. The molecule has 142 valence electrons. The van der Waals surface area contributed by atoms with Gasteiger partial charge in [-0.1, -0.05) is 6.07 Å². The van der Waals surface area contributed by atoms with Crippen LogP contribution in [0, 0.1) is 5.95 Å². The average molecular weight is 371 g/mol. The van der Waals surface area contributed by atoms with Crippen molar-refractivity contribution in [3.05, 3.63) is 54.0 Å². The summed E-state index contributed by atoms with van der Waals surface area (Å²) in [6.45, 7) is 4.29. The molecule has 0 saturated carbocycles. The lowest BCUT2D eigenvalue weighted by Gasteiger charge is -2.29. The van der Waals surface area contributed by atoms with Gasteiger partial charge in [-0.15, -0.1) is 0 Å². The van der Waals surface area contributed by atoms with Gasteiger partial charge in [0, 0.05) is 43.4 Å². The number of morpholine rings is 1. The predicted molar refractivity (Wildman–Crippen MR) is 98.6 cm³/mol. The highest BCUT2D eigenvalue weighted by Gasteiger charge is 2.28. The zero-order chi connectivity index (χ0) is 18.6. The maximum Gasteiger partial charge on any atom is 0.253 e. The zero-order valence-corrected chi connectivity index (χ0v) is 15.0. The van der Waals surface area contributed by atoms with E-state index < -0.39 is 5.95 Å². The first-order valence-corrected chi connectivity index (χ1v) is 9.20. The number of halogens is 1. The predicted octanol–water partition coefficient (Wildman–Crippen LogP) is 2.35. The number of carbonyl (C=O) groups excluding carboxylic acids is 1. The molecular weight excluding hydrogens is 349 g/mol. The van der Waals surface area contributed by atoms with Crippen molar-refractivity contribution in [2.24, 2.45) is 0 Å². The van der Waals surface area contributed by atoms with Crippen molar-refractivity contribution in [3.8, 4) is 5.88 Å². The van der Waals surface area contributed by atoms with E-state index in [1.807, 2.05) is 24.3 Å². The molecule has 4 rings (SSSR count). The maximum atomic E-state index is 13.2. The van der Waals surface area contributed by atoms with Gasteiger partial charge in [-0.25, -0.2) is 0 Å². The summed E-state index contributed by atoms with van der Waals surface area (Å²) in [6, 6.07) is 12.2. The van der Waals surface area contributed by atoms with Crippen LogP contribution in [0.5, 0.6) is 5.88 Å². The summed E-state index contributed by atoms with van der Waals surface area (Å²) in [7, 11) is 0. The smallest absolute Gasteiger partial charge is 0.253 e. The van der Waals surface area contributed by atoms with Gasteiger partial charge in [0.05, 0.1) is 19.8 Å². The summed E-state index contributed by atoms with van der Waals surface area (Å²) in [6.07, 6.45) is 0.534. The lowest BCUT2D eigenvalue weighted by Crippen LogP contribution is -2.36. The van der Waals surface area contributed by atoms with E-state index in [1.165, 1.54) is 6.07 Å². The normalized spacial score (nSPS) is 20.0. The monoisotopic (exact) mass is 371 g/mol. The lowest BCUT2D eigenvalue weighted by molar-refractivity contribution is 0.0771. The Balaban J connectivity index is 1.35. The maximum absolute atomic E-state index is 13.2. The highest BCUT2D eigenvalue weighted by Crippen LogP contribution is 2.21. The number of ether oxygens (including phenoxy) is 2. The Hall–Kier alpha value is -2.67. The summed E-state index contributed by atoms with van der Waals surface area (Å²) in [5.41, 5.74) is 1.77. The Bertz CT molecular complexity index is 793. The van der Waals surface area contributed by atoms with Crippen molar-refractivity contribution in [1.82, 2.24) is 9.88 Å². The molecule has 27 heavy (non-hydrogen) atoms. The van der Waals surface area contributed by atoms with Gasteiger partial charge in [0.1, 0.15) is 6.10 Å². The molecule has 1 aromatic heterocycles. The van der Waals surface area contributed by atoms with Crippen LogP contribution >= 0.6 is 0 Å². The molecule has 0 radical (unpaired) electrons. The van der Waals surface area contributed by atoms with Crippen LogP contribution < -0.4 is 9.64 Å². The summed E-state index contributed by atoms with van der Waals surface area (Å²) < 4.78 is 24.2. The molecule has 1 unspecified atom stereocenters. The third-order valence-electron chi connectivity index (χ3n) is 4.90. The van der Waals surface area contributed by atoms with Crippen LogP contribution in [-0.2, 0) is 4.74 Å². The number of hydrogen-bond acceptors (Lipinski definition) is 5. The van der Waals surface area contributed by atoms with Crippen molar-refractivity contribution in [1.29, 1.82) is 0 Å². The number of nitrogens with zero attached hydrogens (tertiary/aromatic N) is 3. The molecule has 1 amide bonds. The molecule has 2 aliphatic heterocycles. The van der Waals surface area contributed by atoms with E-state index >= 15 is 0 Å². The number of hydrogen-bond donors (Lipinski definition) is 0. The fraction of sp³-hybridized carbons (Fsp3) is 0.400. The molecule has 1 atom stereocenters. The molecule has 0 spiro atoms. The Morgan fingerprint density at radius 1 is 1.11 bits per heavy atom. The Morgan fingerprint density at radius 3 is 2.63 bits per heavy atom. The van der Waals surface area contributed by atoms with Crippen molar-refractivity contribution < 1.29 is 18.7 Å². The van der Waals surface area contributed by atoms with Crippen molar-refractivity contribution in [3.63, 3.8) is 0 Å². The minimum atomic E-state index is -0.571. The van der Waals surface area contributed by atoms with E-state index in [4.69, 9.17) is 9.47 Å². The van der Waals surface area contributed by atoms with Gasteiger partial charge in [0.2, 0.25) is 11.8 Å². The van der Waals surface area contributed by atoms with Gasteiger partial charge < -0.3 is 19.3 Å². The summed E-state index contributed by atoms with van der Waals surface area (Å²) in [4.78, 5) is 20.5. The molecule has 6 nitrogen and oxygen atoms in total. The van der Waals surface area contributed by atoms with E-state index in [2.05, 4.69) is 9.88 Å². The first-order valence-electron chi connectivity index (χ1n) is 9.20. The van der Waals surface area contributed by atoms with Crippen LogP contribution in [0.4, 0.5) is 10.1 Å². The molecule has 0 aliphatic carbocycles. The number of benzene rings is 1. The number of likely N-dealkylation sites (tertiary alicyclic amines) is 1. The number of rotatable bonds is 4. The second-order valence-corrected chi connectivity index (χ2v) is 6.72. The highest BCUT2D eigenvalue weighted by atomic mass is 19.1. The summed E-state index contributed by atoms with van der Waals surface area (Å²) in [5, 5.41) is 0. The fourth-order valence-corrected chi connectivity index (χ4v) is 3.45. The van der Waals surface area contributed by atoms with Gasteiger partial charge in [0.15, 0.2) is 0 Å². The van der Waals surface area contributed by atoms with Crippen LogP contribution in [-0.4, -0.2) is 61.3 Å². The van der Waals surface area contributed by atoms with Crippen molar-refractivity contribution in [2.45, 2.75) is 12.5 Å². The van der Waals surface area contributed by atoms with Gasteiger partial charge in [0.25, 0.3) is 5.91 Å². The van der Waals surface area contributed by atoms with Crippen LogP contribution in [0.1, 0.15) is 16.8 Å². The van der Waals surface area contributed by atoms with E-state index in [1.54, 1.807) is 17.0 Å². The van der Waals surface area contributed by atoms with E-state index in [-0.39, 0.29) is 17.9 Å². The molecular formula is C20H22FN3O3. The minimum Gasteiger partial charge on any atom is -0.472 e. The molecule has 2 fully saturated rings. The standard InChI is InChI=1S/C20H22FN3O3/c21-18-2-1-3-19(22-18)27-17-8-9-24(14-17)20(25)15-4-6-16(7-5-15)23-10-12-26-13-11-23/h1-7,17H,8-14H2. The topological polar surface area (TPSA) is 54.9 Å². The summed E-state index contributed by atoms with van der Waals surface area (Å²) in [5.74, 6) is -0.329.